The molecule has 0 heterocycles. The lowest BCUT2D eigenvalue weighted by Gasteiger charge is -2.59. The van der Waals surface area contributed by atoms with Crippen molar-refractivity contribution in [3.8, 4) is 0 Å². The van der Waals surface area contributed by atoms with Gasteiger partial charge in [-0.1, -0.05) is 33.3 Å². The molecule has 21 heavy (non-hydrogen) atoms. The number of hydrogen-bond acceptors (Lipinski definition) is 2. The van der Waals surface area contributed by atoms with Gasteiger partial charge < -0.3 is 5.11 Å². The van der Waals surface area contributed by atoms with Gasteiger partial charge in [0, 0.05) is 6.42 Å². The Morgan fingerprint density at radius 1 is 1.24 bits per heavy atom. The Labute approximate surface area is 129 Å². The van der Waals surface area contributed by atoms with E-state index < -0.39 is 0 Å². The monoisotopic (exact) mass is 290 g/mol. The van der Waals surface area contributed by atoms with Crippen molar-refractivity contribution in [3.63, 3.8) is 0 Å². The summed E-state index contributed by atoms with van der Waals surface area (Å²) in [5.41, 5.74) is 1.57. The molecule has 0 radical (unpaired) electrons. The second kappa shape index (κ2) is 5.22. The van der Waals surface area contributed by atoms with Gasteiger partial charge in [-0.05, 0) is 66.3 Å². The number of aldehydes is 1. The van der Waals surface area contributed by atoms with Crippen LogP contribution in [0.1, 0.15) is 65.7 Å². The molecule has 3 rings (SSSR count). The first kappa shape index (κ1) is 15.3. The lowest BCUT2D eigenvalue weighted by Crippen LogP contribution is -2.53. The molecule has 0 aromatic carbocycles. The maximum Gasteiger partial charge on any atom is 0.145 e. The molecular formula is C19H30O2. The largest absolute Gasteiger partial charge is 0.392 e. The second-order valence-corrected chi connectivity index (χ2v) is 8.65. The number of carbonyl (C=O) groups is 1. The van der Waals surface area contributed by atoms with Crippen LogP contribution in [0.2, 0.25) is 0 Å². The molecule has 0 aromatic heterocycles. The number of fused-ring (bicyclic) bond motifs is 3. The summed E-state index contributed by atoms with van der Waals surface area (Å²) in [6, 6.07) is 0. The van der Waals surface area contributed by atoms with Crippen molar-refractivity contribution in [1.29, 1.82) is 0 Å². The Morgan fingerprint density at radius 2 is 2.00 bits per heavy atom. The fraction of sp³-hybridized carbons (Fsp3) is 0.842. The van der Waals surface area contributed by atoms with Gasteiger partial charge in [-0.2, -0.15) is 0 Å². The van der Waals surface area contributed by atoms with Gasteiger partial charge in [0.05, 0.1) is 6.10 Å². The molecule has 0 amide bonds. The topological polar surface area (TPSA) is 37.3 Å². The molecule has 118 valence electrons. The van der Waals surface area contributed by atoms with Crippen molar-refractivity contribution >= 4 is 6.29 Å². The van der Waals surface area contributed by atoms with E-state index in [1.54, 1.807) is 0 Å². The highest BCUT2D eigenvalue weighted by Crippen LogP contribution is 2.62. The van der Waals surface area contributed by atoms with E-state index in [0.717, 1.165) is 30.6 Å². The molecule has 0 aromatic rings. The minimum Gasteiger partial charge on any atom is -0.392 e. The van der Waals surface area contributed by atoms with Gasteiger partial charge in [-0.15, -0.1) is 0 Å². The molecule has 2 saturated carbocycles. The average molecular weight is 290 g/mol. The molecule has 3 aliphatic carbocycles. The van der Waals surface area contributed by atoms with Crippen LogP contribution in [0.3, 0.4) is 0 Å². The third kappa shape index (κ3) is 2.40. The Kier molecular flexibility index (Phi) is 3.80. The van der Waals surface area contributed by atoms with Crippen LogP contribution in [0, 0.1) is 28.6 Å². The van der Waals surface area contributed by atoms with Crippen molar-refractivity contribution in [3.05, 3.63) is 11.6 Å². The van der Waals surface area contributed by atoms with Gasteiger partial charge >= 0.3 is 0 Å². The van der Waals surface area contributed by atoms with Gasteiger partial charge in [0.15, 0.2) is 0 Å². The van der Waals surface area contributed by atoms with Crippen LogP contribution in [0.4, 0.5) is 0 Å². The van der Waals surface area contributed by atoms with Crippen LogP contribution >= 0.6 is 0 Å². The first-order valence-electron chi connectivity index (χ1n) is 8.71. The Morgan fingerprint density at radius 3 is 2.71 bits per heavy atom. The summed E-state index contributed by atoms with van der Waals surface area (Å²) in [5, 5.41) is 10.6. The minimum absolute atomic E-state index is 0.322. The van der Waals surface area contributed by atoms with E-state index in [1.807, 2.05) is 0 Å². The summed E-state index contributed by atoms with van der Waals surface area (Å²) < 4.78 is 0. The molecule has 2 heteroatoms. The van der Waals surface area contributed by atoms with Crippen LogP contribution in [0.5, 0.6) is 0 Å². The number of allylic oxidation sites excluding steroid dienone is 1. The van der Waals surface area contributed by atoms with Crippen molar-refractivity contribution < 1.29 is 9.90 Å². The summed E-state index contributed by atoms with van der Waals surface area (Å²) >= 11 is 0. The first-order chi connectivity index (χ1) is 9.88. The summed E-state index contributed by atoms with van der Waals surface area (Å²) in [7, 11) is 0. The standard InChI is InChI=1S/C19H30O2/c1-18(2)9-4-10-19(3)15-7-5-13(12-20)11-16(21)14(15)6-8-17(18)19/h5,12,14-17,21H,4,6-11H2,1-3H3/t14?,15?,16-,17?,19-/m1/s1. The van der Waals surface area contributed by atoms with Crippen LogP contribution < -0.4 is 0 Å². The Balaban J connectivity index is 1.95. The number of aliphatic hydroxyl groups is 1. The van der Waals surface area contributed by atoms with E-state index in [-0.39, 0.29) is 6.10 Å². The molecule has 2 nitrogen and oxygen atoms in total. The van der Waals surface area contributed by atoms with Gasteiger partial charge in [0.1, 0.15) is 6.29 Å². The number of rotatable bonds is 1. The van der Waals surface area contributed by atoms with Crippen molar-refractivity contribution in [2.24, 2.45) is 28.6 Å². The van der Waals surface area contributed by atoms with E-state index in [4.69, 9.17) is 0 Å². The predicted molar refractivity (Wildman–Crippen MR) is 84.8 cm³/mol. The molecular weight excluding hydrogens is 260 g/mol. The normalized spacial score (nSPS) is 45.8. The van der Waals surface area contributed by atoms with Crippen LogP contribution in [0.15, 0.2) is 11.6 Å². The Bertz CT molecular complexity index is 450. The van der Waals surface area contributed by atoms with Gasteiger partial charge in [0.25, 0.3) is 0 Å². The molecule has 0 bridgehead atoms. The third-order valence-electron chi connectivity index (χ3n) is 7.15. The highest BCUT2D eigenvalue weighted by atomic mass is 16.3. The number of hydrogen-bond donors (Lipinski definition) is 1. The van der Waals surface area contributed by atoms with Gasteiger partial charge in [0.2, 0.25) is 0 Å². The predicted octanol–water partition coefficient (Wildman–Crippen LogP) is 4.13. The highest BCUT2D eigenvalue weighted by molar-refractivity contribution is 5.73. The molecule has 0 spiro atoms. The lowest BCUT2D eigenvalue weighted by molar-refractivity contribution is -0.118. The zero-order valence-electron chi connectivity index (χ0n) is 13.8. The fourth-order valence-corrected chi connectivity index (χ4v) is 6.13. The minimum atomic E-state index is -0.322. The summed E-state index contributed by atoms with van der Waals surface area (Å²) in [5.74, 6) is 1.69. The first-order valence-corrected chi connectivity index (χ1v) is 8.71. The maximum absolute atomic E-state index is 11.2. The fourth-order valence-electron chi connectivity index (χ4n) is 6.13. The second-order valence-electron chi connectivity index (χ2n) is 8.65. The number of carbonyl (C=O) groups excluding carboxylic acids is 1. The SMILES string of the molecule is CC1(C)CCC[C@]2(C)C3CC=C(C=O)C[C@@H](O)C3CCC12. The highest BCUT2D eigenvalue weighted by Gasteiger charge is 2.55. The van der Waals surface area contributed by atoms with E-state index >= 15 is 0 Å². The smallest absolute Gasteiger partial charge is 0.145 e. The van der Waals surface area contributed by atoms with E-state index in [1.165, 1.54) is 25.7 Å². The average Bonchev–Trinajstić information content (AvgIpc) is 2.58. The quantitative estimate of drug-likeness (QED) is 0.737. The Hall–Kier alpha value is -0.630. The van der Waals surface area contributed by atoms with Crippen LogP contribution in [-0.4, -0.2) is 17.5 Å². The molecule has 0 aliphatic heterocycles. The zero-order chi connectivity index (χ0) is 15.3. The third-order valence-corrected chi connectivity index (χ3v) is 7.15. The molecule has 2 fully saturated rings. The van der Waals surface area contributed by atoms with E-state index in [2.05, 4.69) is 26.8 Å². The molecule has 0 saturated heterocycles. The van der Waals surface area contributed by atoms with Crippen LogP contribution in [-0.2, 0) is 4.79 Å². The molecule has 3 aliphatic rings. The van der Waals surface area contributed by atoms with E-state index in [0.29, 0.717) is 29.1 Å². The van der Waals surface area contributed by atoms with Gasteiger partial charge in [-0.3, -0.25) is 4.79 Å². The summed E-state index contributed by atoms with van der Waals surface area (Å²) in [6.07, 6.45) is 10.6. The van der Waals surface area contributed by atoms with Crippen LogP contribution in [0.25, 0.3) is 0 Å². The van der Waals surface area contributed by atoms with E-state index in [9.17, 15) is 9.90 Å². The zero-order valence-corrected chi connectivity index (χ0v) is 13.8. The molecule has 3 unspecified atom stereocenters. The summed E-state index contributed by atoms with van der Waals surface area (Å²) in [6.45, 7) is 7.35. The van der Waals surface area contributed by atoms with Crippen molar-refractivity contribution in [2.45, 2.75) is 71.8 Å². The number of aliphatic hydroxyl groups excluding tert-OH is 1. The molecule has 5 atom stereocenters. The molecule has 1 N–H and O–H groups in total. The lowest BCUT2D eigenvalue weighted by atomic mass is 9.45. The van der Waals surface area contributed by atoms with Crippen molar-refractivity contribution in [2.75, 3.05) is 0 Å². The maximum atomic E-state index is 11.2. The van der Waals surface area contributed by atoms with Gasteiger partial charge in [-0.25, -0.2) is 0 Å². The van der Waals surface area contributed by atoms with Crippen molar-refractivity contribution in [1.82, 2.24) is 0 Å². The summed E-state index contributed by atoms with van der Waals surface area (Å²) in [4.78, 5) is 11.2.